The lowest BCUT2D eigenvalue weighted by Crippen LogP contribution is -2.39. The van der Waals surface area contributed by atoms with Gasteiger partial charge in [0, 0.05) is 24.8 Å². The molecule has 0 saturated carbocycles. The highest BCUT2D eigenvalue weighted by molar-refractivity contribution is 5.56. The molecule has 1 unspecified atom stereocenters. The highest BCUT2D eigenvalue weighted by Gasteiger charge is 2.24. The van der Waals surface area contributed by atoms with Crippen LogP contribution in [0.2, 0.25) is 0 Å². The molecule has 1 atom stereocenters. The van der Waals surface area contributed by atoms with Crippen LogP contribution in [0.5, 0.6) is 0 Å². The van der Waals surface area contributed by atoms with Crippen molar-refractivity contribution in [2.75, 3.05) is 24.5 Å². The summed E-state index contributed by atoms with van der Waals surface area (Å²) in [6.07, 6.45) is 2.49. The summed E-state index contributed by atoms with van der Waals surface area (Å²) in [7, 11) is 0. The zero-order valence-electron chi connectivity index (χ0n) is 14.4. The summed E-state index contributed by atoms with van der Waals surface area (Å²) in [6.45, 7) is 15.0. The Hall–Kier alpha value is -1.02. The maximum atomic E-state index is 3.73. The molecule has 1 fully saturated rings. The number of hydrogen-bond donors (Lipinski definition) is 1. The monoisotopic (exact) mass is 288 g/mol. The Morgan fingerprint density at radius 3 is 2.62 bits per heavy atom. The van der Waals surface area contributed by atoms with Crippen LogP contribution in [0, 0.1) is 5.92 Å². The van der Waals surface area contributed by atoms with Gasteiger partial charge in [-0.3, -0.25) is 0 Å². The maximum Gasteiger partial charge on any atom is 0.0404 e. The van der Waals surface area contributed by atoms with Crippen molar-refractivity contribution in [1.29, 1.82) is 0 Å². The van der Waals surface area contributed by atoms with E-state index in [0.29, 0.717) is 6.04 Å². The van der Waals surface area contributed by atoms with Gasteiger partial charge in [0.05, 0.1) is 0 Å². The summed E-state index contributed by atoms with van der Waals surface area (Å²) in [6, 6.07) is 9.57. The van der Waals surface area contributed by atoms with Crippen molar-refractivity contribution in [3.05, 3.63) is 29.8 Å². The lowest BCUT2D eigenvalue weighted by atomic mass is 9.85. The lowest BCUT2D eigenvalue weighted by Gasteiger charge is -2.32. The van der Waals surface area contributed by atoms with Crippen molar-refractivity contribution >= 4 is 5.69 Å². The van der Waals surface area contributed by atoms with E-state index in [1.807, 2.05) is 0 Å². The number of anilines is 1. The van der Waals surface area contributed by atoms with Crippen LogP contribution in [0.1, 0.15) is 53.0 Å². The average Bonchev–Trinajstić information content (AvgIpc) is 2.62. The number of para-hydroxylation sites is 1. The van der Waals surface area contributed by atoms with Gasteiger partial charge >= 0.3 is 0 Å². The van der Waals surface area contributed by atoms with E-state index in [2.05, 4.69) is 69.1 Å². The van der Waals surface area contributed by atoms with E-state index < -0.39 is 0 Å². The van der Waals surface area contributed by atoms with Gasteiger partial charge in [-0.2, -0.15) is 0 Å². The van der Waals surface area contributed by atoms with E-state index in [4.69, 9.17) is 0 Å². The summed E-state index contributed by atoms with van der Waals surface area (Å²) < 4.78 is 0. The van der Waals surface area contributed by atoms with Gasteiger partial charge < -0.3 is 10.2 Å². The summed E-state index contributed by atoms with van der Waals surface area (Å²) in [5, 5.41) is 3.73. The van der Waals surface area contributed by atoms with Gasteiger partial charge in [0.2, 0.25) is 0 Å². The molecule has 1 aromatic carbocycles. The fourth-order valence-corrected chi connectivity index (χ4v) is 3.33. The lowest BCUT2D eigenvalue weighted by molar-refractivity contribution is 0.436. The van der Waals surface area contributed by atoms with Crippen molar-refractivity contribution in [3.63, 3.8) is 0 Å². The predicted molar refractivity (Wildman–Crippen MR) is 93.2 cm³/mol. The van der Waals surface area contributed by atoms with E-state index in [-0.39, 0.29) is 5.41 Å². The predicted octanol–water partition coefficient (Wildman–Crippen LogP) is 4.20. The normalized spacial score (nSPS) is 20.7. The summed E-state index contributed by atoms with van der Waals surface area (Å²) in [4.78, 5) is 2.60. The Morgan fingerprint density at radius 1 is 1.24 bits per heavy atom. The first-order valence-electron chi connectivity index (χ1n) is 8.46. The van der Waals surface area contributed by atoms with Crippen LogP contribution < -0.4 is 10.2 Å². The van der Waals surface area contributed by atoms with E-state index in [1.54, 1.807) is 0 Å². The number of nitrogens with one attached hydrogen (secondary N) is 1. The van der Waals surface area contributed by atoms with Crippen molar-refractivity contribution < 1.29 is 0 Å². The van der Waals surface area contributed by atoms with Crippen LogP contribution in [0.4, 0.5) is 5.69 Å². The van der Waals surface area contributed by atoms with Gasteiger partial charge in [-0.15, -0.1) is 0 Å². The molecular formula is C19H32N2. The molecule has 0 spiro atoms. The molecule has 1 heterocycles. The second kappa shape index (κ2) is 6.83. The van der Waals surface area contributed by atoms with Gasteiger partial charge in [0.1, 0.15) is 0 Å². The first-order chi connectivity index (χ1) is 9.88. The van der Waals surface area contributed by atoms with E-state index in [1.165, 1.54) is 24.1 Å². The van der Waals surface area contributed by atoms with Crippen molar-refractivity contribution in [1.82, 2.24) is 5.32 Å². The smallest absolute Gasteiger partial charge is 0.0404 e. The number of rotatable bonds is 3. The molecule has 2 heteroatoms. The molecule has 0 radical (unpaired) electrons. The minimum atomic E-state index is 0.198. The molecule has 1 saturated heterocycles. The number of benzene rings is 1. The molecular weight excluding hydrogens is 256 g/mol. The van der Waals surface area contributed by atoms with Crippen molar-refractivity contribution in [2.24, 2.45) is 5.92 Å². The van der Waals surface area contributed by atoms with Gasteiger partial charge in [0.25, 0.3) is 0 Å². The topological polar surface area (TPSA) is 15.3 Å². The molecule has 0 amide bonds. The standard InChI is InChI=1S/C19H32N2/c1-15(2)13-16-14-21(12-8-11-20-16)18-10-7-6-9-17(18)19(3,4)5/h6-7,9-10,15-16,20H,8,11-14H2,1-5H3. The van der Waals surface area contributed by atoms with Gasteiger partial charge in [-0.1, -0.05) is 52.8 Å². The van der Waals surface area contributed by atoms with E-state index in [9.17, 15) is 0 Å². The Balaban J connectivity index is 2.23. The Morgan fingerprint density at radius 2 is 1.95 bits per heavy atom. The number of nitrogens with zero attached hydrogens (tertiary/aromatic N) is 1. The van der Waals surface area contributed by atoms with Crippen LogP contribution >= 0.6 is 0 Å². The summed E-state index contributed by atoms with van der Waals surface area (Å²) in [5.41, 5.74) is 3.10. The SMILES string of the molecule is CC(C)CC1CN(c2ccccc2C(C)(C)C)CCCN1. The Labute approximate surface area is 130 Å². The third-order valence-corrected chi connectivity index (χ3v) is 4.29. The highest BCUT2D eigenvalue weighted by atomic mass is 15.2. The summed E-state index contributed by atoms with van der Waals surface area (Å²) >= 11 is 0. The van der Waals surface area contributed by atoms with E-state index >= 15 is 0 Å². The fraction of sp³-hybridized carbons (Fsp3) is 0.684. The largest absolute Gasteiger partial charge is 0.370 e. The molecule has 2 rings (SSSR count). The highest BCUT2D eigenvalue weighted by Crippen LogP contribution is 2.32. The molecule has 118 valence electrons. The molecule has 0 aromatic heterocycles. The van der Waals surface area contributed by atoms with Crippen LogP contribution in [0.3, 0.4) is 0 Å². The zero-order chi connectivity index (χ0) is 15.5. The average molecular weight is 288 g/mol. The first-order valence-corrected chi connectivity index (χ1v) is 8.46. The molecule has 0 bridgehead atoms. The van der Waals surface area contributed by atoms with Crippen molar-refractivity contribution in [3.8, 4) is 0 Å². The first kappa shape index (κ1) is 16.4. The van der Waals surface area contributed by atoms with E-state index in [0.717, 1.165) is 25.6 Å². The third-order valence-electron chi connectivity index (χ3n) is 4.29. The third kappa shape index (κ3) is 4.47. The molecule has 2 nitrogen and oxygen atoms in total. The quantitative estimate of drug-likeness (QED) is 0.897. The van der Waals surface area contributed by atoms with Gasteiger partial charge in [-0.05, 0) is 42.3 Å². The molecule has 21 heavy (non-hydrogen) atoms. The molecule has 1 aliphatic rings. The molecule has 1 aromatic rings. The van der Waals surface area contributed by atoms with Crippen LogP contribution in [0.15, 0.2) is 24.3 Å². The Bertz CT molecular complexity index is 445. The zero-order valence-corrected chi connectivity index (χ0v) is 14.4. The van der Waals surface area contributed by atoms with Crippen LogP contribution in [-0.4, -0.2) is 25.7 Å². The van der Waals surface area contributed by atoms with Crippen molar-refractivity contribution in [2.45, 2.75) is 58.9 Å². The van der Waals surface area contributed by atoms with Gasteiger partial charge in [0.15, 0.2) is 0 Å². The minimum absolute atomic E-state index is 0.198. The molecule has 1 N–H and O–H groups in total. The second-order valence-electron chi connectivity index (χ2n) is 7.85. The van der Waals surface area contributed by atoms with Crippen LogP contribution in [0.25, 0.3) is 0 Å². The molecule has 0 aliphatic carbocycles. The minimum Gasteiger partial charge on any atom is -0.370 e. The van der Waals surface area contributed by atoms with Gasteiger partial charge in [-0.25, -0.2) is 0 Å². The fourth-order valence-electron chi connectivity index (χ4n) is 3.33. The molecule has 1 aliphatic heterocycles. The number of hydrogen-bond acceptors (Lipinski definition) is 2. The Kier molecular flexibility index (Phi) is 5.32. The second-order valence-corrected chi connectivity index (χ2v) is 7.85. The maximum absolute atomic E-state index is 3.73. The van der Waals surface area contributed by atoms with Crippen LogP contribution in [-0.2, 0) is 5.41 Å². The summed E-state index contributed by atoms with van der Waals surface area (Å²) in [5.74, 6) is 0.750.